The van der Waals surface area contributed by atoms with Crippen molar-refractivity contribution in [3.63, 3.8) is 0 Å². The summed E-state index contributed by atoms with van der Waals surface area (Å²) in [6.07, 6.45) is 0.644. The Hall–Kier alpha value is -1.23. The molecule has 0 aromatic heterocycles. The molecule has 0 spiro atoms. The predicted octanol–water partition coefficient (Wildman–Crippen LogP) is 3.34. The summed E-state index contributed by atoms with van der Waals surface area (Å²) in [6.45, 7) is 0. The van der Waals surface area contributed by atoms with Crippen LogP contribution in [0.25, 0.3) is 0 Å². The third-order valence-corrected chi connectivity index (χ3v) is 3.36. The zero-order valence-corrected chi connectivity index (χ0v) is 11.3. The number of hydrogen-bond acceptors (Lipinski definition) is 2. The van der Waals surface area contributed by atoms with E-state index in [1.165, 1.54) is 6.07 Å². The van der Waals surface area contributed by atoms with Gasteiger partial charge < -0.3 is 0 Å². The first-order valence-corrected chi connectivity index (χ1v) is 6.45. The van der Waals surface area contributed by atoms with Crippen LogP contribution < -0.4 is 11.3 Å². The molecular weight excluding hydrogens is 295 g/mol. The van der Waals surface area contributed by atoms with E-state index in [9.17, 15) is 4.39 Å². The topological polar surface area (TPSA) is 38.0 Å². The zero-order chi connectivity index (χ0) is 13.0. The summed E-state index contributed by atoms with van der Waals surface area (Å²) in [5.41, 5.74) is 4.36. The molecule has 2 rings (SSSR count). The lowest BCUT2D eigenvalue weighted by Crippen LogP contribution is -2.30. The summed E-state index contributed by atoms with van der Waals surface area (Å²) in [4.78, 5) is 0. The number of hydrazine groups is 1. The highest BCUT2D eigenvalue weighted by Gasteiger charge is 2.14. The summed E-state index contributed by atoms with van der Waals surface area (Å²) in [5, 5.41) is 0. The van der Waals surface area contributed by atoms with Crippen LogP contribution in [0.5, 0.6) is 0 Å². The summed E-state index contributed by atoms with van der Waals surface area (Å²) in [7, 11) is 0. The molecule has 0 amide bonds. The SMILES string of the molecule is NNC(Cc1ccc(Br)cc1)c1ccccc1F. The molecule has 0 heterocycles. The minimum atomic E-state index is -0.238. The van der Waals surface area contributed by atoms with Crippen molar-refractivity contribution in [2.75, 3.05) is 0 Å². The van der Waals surface area contributed by atoms with E-state index in [-0.39, 0.29) is 11.9 Å². The Morgan fingerprint density at radius 3 is 2.39 bits per heavy atom. The highest BCUT2D eigenvalue weighted by atomic mass is 79.9. The monoisotopic (exact) mass is 308 g/mol. The molecule has 2 aromatic rings. The van der Waals surface area contributed by atoms with Gasteiger partial charge in [0.2, 0.25) is 0 Å². The summed E-state index contributed by atoms with van der Waals surface area (Å²) >= 11 is 3.38. The number of benzene rings is 2. The van der Waals surface area contributed by atoms with Crippen LogP contribution in [0.15, 0.2) is 53.0 Å². The van der Waals surface area contributed by atoms with Gasteiger partial charge in [-0.1, -0.05) is 46.3 Å². The maximum atomic E-state index is 13.7. The van der Waals surface area contributed by atoms with E-state index in [0.717, 1.165) is 10.0 Å². The van der Waals surface area contributed by atoms with Crippen LogP contribution in [-0.4, -0.2) is 0 Å². The molecule has 0 saturated heterocycles. The highest BCUT2D eigenvalue weighted by Crippen LogP contribution is 2.21. The predicted molar refractivity (Wildman–Crippen MR) is 74.3 cm³/mol. The molecule has 2 aromatic carbocycles. The van der Waals surface area contributed by atoms with E-state index < -0.39 is 0 Å². The Morgan fingerprint density at radius 1 is 1.11 bits per heavy atom. The van der Waals surface area contributed by atoms with Gasteiger partial charge in [0, 0.05) is 10.0 Å². The van der Waals surface area contributed by atoms with Crippen molar-refractivity contribution >= 4 is 15.9 Å². The van der Waals surface area contributed by atoms with Crippen LogP contribution in [0.4, 0.5) is 4.39 Å². The number of halogens is 2. The van der Waals surface area contributed by atoms with E-state index in [1.54, 1.807) is 12.1 Å². The molecule has 2 nitrogen and oxygen atoms in total. The molecule has 3 N–H and O–H groups in total. The minimum absolute atomic E-state index is 0.229. The molecule has 4 heteroatoms. The molecule has 1 unspecified atom stereocenters. The molecular formula is C14H14BrFN2. The fourth-order valence-electron chi connectivity index (χ4n) is 1.87. The molecule has 0 radical (unpaired) electrons. The standard InChI is InChI=1S/C14H14BrFN2/c15-11-7-5-10(6-8-11)9-14(18-17)12-3-1-2-4-13(12)16/h1-8,14,18H,9,17H2. The molecule has 0 aliphatic carbocycles. The first kappa shape index (κ1) is 13.2. The van der Waals surface area contributed by atoms with Gasteiger partial charge in [-0.2, -0.15) is 0 Å². The quantitative estimate of drug-likeness (QED) is 0.671. The average Bonchev–Trinajstić information content (AvgIpc) is 2.39. The lowest BCUT2D eigenvalue weighted by atomic mass is 9.99. The van der Waals surface area contributed by atoms with Gasteiger partial charge in [-0.3, -0.25) is 11.3 Å². The number of rotatable bonds is 4. The Morgan fingerprint density at radius 2 is 1.78 bits per heavy atom. The normalized spacial score (nSPS) is 12.4. The lowest BCUT2D eigenvalue weighted by Gasteiger charge is -2.17. The third-order valence-electron chi connectivity index (χ3n) is 2.83. The molecule has 0 fully saturated rings. The van der Waals surface area contributed by atoms with E-state index >= 15 is 0 Å². The van der Waals surface area contributed by atoms with Crippen molar-refractivity contribution in [1.82, 2.24) is 5.43 Å². The molecule has 0 saturated carbocycles. The number of hydrogen-bond donors (Lipinski definition) is 2. The number of nitrogens with two attached hydrogens (primary N) is 1. The van der Waals surface area contributed by atoms with Gasteiger partial charge in [0.25, 0.3) is 0 Å². The minimum Gasteiger partial charge on any atom is -0.271 e. The summed E-state index contributed by atoms with van der Waals surface area (Å²) in [5.74, 6) is 5.29. The first-order valence-electron chi connectivity index (χ1n) is 5.65. The second kappa shape index (κ2) is 6.09. The van der Waals surface area contributed by atoms with Crippen molar-refractivity contribution in [3.8, 4) is 0 Å². The van der Waals surface area contributed by atoms with Gasteiger partial charge in [-0.05, 0) is 30.2 Å². The van der Waals surface area contributed by atoms with Crippen LogP contribution in [0.1, 0.15) is 17.2 Å². The largest absolute Gasteiger partial charge is 0.271 e. The smallest absolute Gasteiger partial charge is 0.128 e. The van der Waals surface area contributed by atoms with Crippen molar-refractivity contribution in [1.29, 1.82) is 0 Å². The van der Waals surface area contributed by atoms with Gasteiger partial charge in [0.1, 0.15) is 5.82 Å². The maximum Gasteiger partial charge on any atom is 0.128 e. The molecule has 0 bridgehead atoms. The van der Waals surface area contributed by atoms with Gasteiger partial charge in [0.15, 0.2) is 0 Å². The number of nitrogens with one attached hydrogen (secondary N) is 1. The average molecular weight is 309 g/mol. The van der Waals surface area contributed by atoms with Gasteiger partial charge >= 0.3 is 0 Å². The van der Waals surface area contributed by atoms with E-state index in [4.69, 9.17) is 5.84 Å². The maximum absolute atomic E-state index is 13.7. The molecule has 0 aliphatic rings. The summed E-state index contributed by atoms with van der Waals surface area (Å²) in [6, 6.07) is 14.4. The van der Waals surface area contributed by atoms with Crippen molar-refractivity contribution in [3.05, 3.63) is 69.9 Å². The molecule has 0 aliphatic heterocycles. The van der Waals surface area contributed by atoms with Crippen molar-refractivity contribution < 1.29 is 4.39 Å². The lowest BCUT2D eigenvalue weighted by molar-refractivity contribution is 0.510. The second-order valence-corrected chi connectivity index (χ2v) is 4.99. The Labute approximate surface area is 114 Å². The van der Waals surface area contributed by atoms with Crippen LogP contribution >= 0.6 is 15.9 Å². The van der Waals surface area contributed by atoms with E-state index in [2.05, 4.69) is 21.4 Å². The molecule has 18 heavy (non-hydrogen) atoms. The Kier molecular flexibility index (Phi) is 4.47. The highest BCUT2D eigenvalue weighted by molar-refractivity contribution is 9.10. The fraction of sp³-hybridized carbons (Fsp3) is 0.143. The van der Waals surface area contributed by atoms with Crippen LogP contribution in [0.2, 0.25) is 0 Å². The Bertz CT molecular complexity index is 513. The Balaban J connectivity index is 2.20. The van der Waals surface area contributed by atoms with Crippen molar-refractivity contribution in [2.24, 2.45) is 5.84 Å². The van der Waals surface area contributed by atoms with Crippen LogP contribution in [0.3, 0.4) is 0 Å². The van der Waals surface area contributed by atoms with Gasteiger partial charge in [-0.15, -0.1) is 0 Å². The van der Waals surface area contributed by atoms with Gasteiger partial charge in [0.05, 0.1) is 6.04 Å². The third kappa shape index (κ3) is 3.16. The molecule has 1 atom stereocenters. The van der Waals surface area contributed by atoms with E-state index in [0.29, 0.717) is 12.0 Å². The fourth-order valence-corrected chi connectivity index (χ4v) is 2.14. The van der Waals surface area contributed by atoms with Crippen LogP contribution in [-0.2, 0) is 6.42 Å². The van der Waals surface area contributed by atoms with Crippen LogP contribution in [0, 0.1) is 5.82 Å². The second-order valence-electron chi connectivity index (χ2n) is 4.07. The van der Waals surface area contributed by atoms with Crippen molar-refractivity contribution in [2.45, 2.75) is 12.5 Å². The van der Waals surface area contributed by atoms with Gasteiger partial charge in [-0.25, -0.2) is 4.39 Å². The summed E-state index contributed by atoms with van der Waals surface area (Å²) < 4.78 is 14.7. The molecule has 94 valence electrons. The first-order chi connectivity index (χ1) is 8.70. The zero-order valence-electron chi connectivity index (χ0n) is 9.74. The van der Waals surface area contributed by atoms with E-state index in [1.807, 2.05) is 30.3 Å².